The molecule has 0 spiro atoms. The number of aromatic nitrogens is 3. The number of nitrogens with zero attached hydrogens (tertiary/aromatic N) is 3. The number of pyridine rings is 3. The standard InChI is InChI=1S/C18H14N.2C11H8N.Ir/c1-14-7-5-6-10-17(14)16-11-12-18(19-13-16)15-8-3-2-4-9-15;2*1-2-6-10(7-3-1)11-8-4-5-9-12-11;/h2-8,10-13H,1H3;2*1-6,8-9H;/q3*-1;+3. The van der Waals surface area contributed by atoms with Crippen LogP contribution in [0.4, 0.5) is 0 Å². The molecule has 3 aromatic heterocycles. The summed E-state index contributed by atoms with van der Waals surface area (Å²) in [6, 6.07) is 57.2. The van der Waals surface area contributed by atoms with Crippen LogP contribution in [0.5, 0.6) is 0 Å². The van der Waals surface area contributed by atoms with Crippen molar-refractivity contribution >= 4 is 0 Å². The van der Waals surface area contributed by atoms with Gasteiger partial charge in [0.05, 0.1) is 0 Å². The SMILES string of the molecule is Cc1ccccc1-c1ccc(-c2[c-]cccc2)nc1.[Ir+3].[c-]1ccccc1-c1ccccn1.[c-]1ccccc1-c1ccccn1. The van der Waals surface area contributed by atoms with E-state index in [9.17, 15) is 0 Å². The van der Waals surface area contributed by atoms with Crippen LogP contribution in [0.3, 0.4) is 0 Å². The molecule has 0 unspecified atom stereocenters. The van der Waals surface area contributed by atoms with Crippen LogP contribution in [0.2, 0.25) is 0 Å². The van der Waals surface area contributed by atoms with Crippen molar-refractivity contribution in [3.05, 3.63) is 188 Å². The molecule has 4 heteroatoms. The number of hydrogen-bond acceptors (Lipinski definition) is 3. The van der Waals surface area contributed by atoms with Crippen molar-refractivity contribution in [2.45, 2.75) is 6.92 Å². The second-order valence-electron chi connectivity index (χ2n) is 9.51. The molecule has 0 atom stereocenters. The van der Waals surface area contributed by atoms with Crippen molar-refractivity contribution in [1.82, 2.24) is 15.0 Å². The molecule has 3 nitrogen and oxygen atoms in total. The maximum atomic E-state index is 4.54. The molecule has 0 saturated carbocycles. The maximum Gasteiger partial charge on any atom is 3.00 e. The maximum absolute atomic E-state index is 4.54. The molecule has 4 aromatic carbocycles. The summed E-state index contributed by atoms with van der Waals surface area (Å²) in [6.45, 7) is 2.12. The predicted molar refractivity (Wildman–Crippen MR) is 176 cm³/mol. The second-order valence-corrected chi connectivity index (χ2v) is 9.51. The Balaban J connectivity index is 0.000000155. The summed E-state index contributed by atoms with van der Waals surface area (Å²) in [5.41, 5.74) is 9.66. The number of rotatable bonds is 4. The topological polar surface area (TPSA) is 38.7 Å². The largest absolute Gasteiger partial charge is 3.00 e. The Bertz CT molecular complexity index is 1630. The van der Waals surface area contributed by atoms with Crippen LogP contribution in [0, 0.1) is 25.1 Å². The summed E-state index contributed by atoms with van der Waals surface area (Å²) in [6.07, 6.45) is 5.50. The predicted octanol–water partition coefficient (Wildman–Crippen LogP) is 9.62. The third-order valence-corrected chi connectivity index (χ3v) is 6.50. The number of aryl methyl sites for hydroxylation is 1. The third kappa shape index (κ3) is 9.24. The first kappa shape index (κ1) is 31.9. The molecule has 0 bridgehead atoms. The fourth-order valence-electron chi connectivity index (χ4n) is 4.31. The summed E-state index contributed by atoms with van der Waals surface area (Å²) in [7, 11) is 0. The van der Waals surface area contributed by atoms with E-state index in [4.69, 9.17) is 0 Å². The van der Waals surface area contributed by atoms with E-state index in [2.05, 4.69) is 70.4 Å². The molecule has 7 aromatic rings. The molecule has 0 N–H and O–H groups in total. The molecule has 0 radical (unpaired) electrons. The van der Waals surface area contributed by atoms with Crippen LogP contribution >= 0.6 is 0 Å². The number of benzene rings is 4. The molecule has 0 saturated heterocycles. The van der Waals surface area contributed by atoms with Gasteiger partial charge in [0.1, 0.15) is 0 Å². The first-order valence-electron chi connectivity index (χ1n) is 14.0. The van der Waals surface area contributed by atoms with Crippen LogP contribution < -0.4 is 0 Å². The first-order valence-corrected chi connectivity index (χ1v) is 14.0. The van der Waals surface area contributed by atoms with Gasteiger partial charge >= 0.3 is 20.1 Å². The van der Waals surface area contributed by atoms with Gasteiger partial charge in [0.2, 0.25) is 0 Å². The van der Waals surface area contributed by atoms with Gasteiger partial charge in [-0.3, -0.25) is 0 Å². The van der Waals surface area contributed by atoms with Crippen molar-refractivity contribution in [1.29, 1.82) is 0 Å². The normalized spacial score (nSPS) is 9.75. The smallest absolute Gasteiger partial charge is 0.305 e. The molecule has 0 aliphatic heterocycles. The Morgan fingerprint density at radius 1 is 0.432 bits per heavy atom. The Hall–Kier alpha value is -5.02. The average molecular weight is 745 g/mol. The van der Waals surface area contributed by atoms with Gasteiger partial charge in [-0.15, -0.1) is 108 Å². The monoisotopic (exact) mass is 745 g/mol. The minimum absolute atomic E-state index is 0. The van der Waals surface area contributed by atoms with E-state index in [1.165, 1.54) is 11.1 Å². The van der Waals surface area contributed by atoms with Gasteiger partial charge in [0.25, 0.3) is 0 Å². The first-order chi connectivity index (χ1) is 21.3. The molecule has 0 aliphatic rings. The summed E-state index contributed by atoms with van der Waals surface area (Å²) in [5.74, 6) is 0. The van der Waals surface area contributed by atoms with Crippen molar-refractivity contribution in [3.63, 3.8) is 0 Å². The minimum atomic E-state index is 0. The van der Waals surface area contributed by atoms with E-state index in [1.807, 2.05) is 121 Å². The van der Waals surface area contributed by atoms with Gasteiger partial charge in [-0.2, -0.15) is 0 Å². The van der Waals surface area contributed by atoms with E-state index in [0.29, 0.717) is 0 Å². The van der Waals surface area contributed by atoms with Gasteiger partial charge in [0, 0.05) is 18.6 Å². The molecule has 44 heavy (non-hydrogen) atoms. The van der Waals surface area contributed by atoms with Crippen LogP contribution in [-0.4, -0.2) is 15.0 Å². The fraction of sp³-hybridized carbons (Fsp3) is 0.0250. The van der Waals surface area contributed by atoms with Gasteiger partial charge in [-0.25, -0.2) is 0 Å². The summed E-state index contributed by atoms with van der Waals surface area (Å²) < 4.78 is 0. The van der Waals surface area contributed by atoms with Crippen molar-refractivity contribution in [2.24, 2.45) is 0 Å². The zero-order chi connectivity index (χ0) is 29.5. The van der Waals surface area contributed by atoms with E-state index in [0.717, 1.165) is 39.3 Å². The summed E-state index contributed by atoms with van der Waals surface area (Å²) in [4.78, 5) is 13.0. The second kappa shape index (κ2) is 17.2. The molecule has 0 aliphatic carbocycles. The molecule has 7 rings (SSSR count). The Morgan fingerprint density at radius 3 is 1.27 bits per heavy atom. The minimum Gasteiger partial charge on any atom is -0.305 e. The Kier molecular flexibility index (Phi) is 12.5. The van der Waals surface area contributed by atoms with E-state index in [-0.39, 0.29) is 20.1 Å². The zero-order valence-corrected chi connectivity index (χ0v) is 26.7. The van der Waals surface area contributed by atoms with Crippen molar-refractivity contribution in [3.8, 4) is 44.9 Å². The summed E-state index contributed by atoms with van der Waals surface area (Å²) in [5, 5.41) is 0. The van der Waals surface area contributed by atoms with E-state index >= 15 is 0 Å². The zero-order valence-electron chi connectivity index (χ0n) is 24.3. The Labute approximate surface area is 273 Å². The Morgan fingerprint density at radius 2 is 0.886 bits per heavy atom. The van der Waals surface area contributed by atoms with Crippen LogP contribution in [0.25, 0.3) is 44.9 Å². The molecule has 0 amide bonds. The molecule has 3 heterocycles. The van der Waals surface area contributed by atoms with Crippen LogP contribution in [0.15, 0.2) is 164 Å². The van der Waals surface area contributed by atoms with E-state index in [1.54, 1.807) is 12.4 Å². The molecular weight excluding hydrogens is 715 g/mol. The fourth-order valence-corrected chi connectivity index (χ4v) is 4.31. The van der Waals surface area contributed by atoms with E-state index < -0.39 is 0 Å². The van der Waals surface area contributed by atoms with Crippen LogP contribution in [-0.2, 0) is 20.1 Å². The average Bonchev–Trinajstić information content (AvgIpc) is 3.11. The number of hydrogen-bond donors (Lipinski definition) is 0. The molecular formula is C40H30IrN3. The van der Waals surface area contributed by atoms with Crippen LogP contribution in [0.1, 0.15) is 5.56 Å². The van der Waals surface area contributed by atoms with Gasteiger partial charge < -0.3 is 15.0 Å². The van der Waals surface area contributed by atoms with Gasteiger partial charge in [-0.1, -0.05) is 60.7 Å². The third-order valence-electron chi connectivity index (χ3n) is 6.50. The summed E-state index contributed by atoms with van der Waals surface area (Å²) >= 11 is 0. The van der Waals surface area contributed by atoms with Crippen molar-refractivity contribution < 1.29 is 20.1 Å². The quantitative estimate of drug-likeness (QED) is 0.169. The molecule has 214 valence electrons. The van der Waals surface area contributed by atoms with Gasteiger partial charge in [0.15, 0.2) is 0 Å². The van der Waals surface area contributed by atoms with Crippen molar-refractivity contribution in [2.75, 3.05) is 0 Å². The van der Waals surface area contributed by atoms with Gasteiger partial charge in [-0.05, 0) is 52.8 Å². The molecule has 0 fully saturated rings.